The number of fused-ring (bicyclic) bond motifs is 1. The van der Waals surface area contributed by atoms with E-state index < -0.39 is 5.54 Å². The Morgan fingerprint density at radius 3 is 2.65 bits per heavy atom. The van der Waals surface area contributed by atoms with Gasteiger partial charge in [0.2, 0.25) is 0 Å². The predicted molar refractivity (Wildman–Crippen MR) is 80.7 cm³/mol. The highest BCUT2D eigenvalue weighted by Gasteiger charge is 2.18. The average Bonchev–Trinajstić information content (AvgIpc) is 2.44. The fraction of sp³-hybridized carbons (Fsp3) is 0.312. The van der Waals surface area contributed by atoms with Gasteiger partial charge in [0.1, 0.15) is 5.75 Å². The molecule has 1 amide bonds. The summed E-state index contributed by atoms with van der Waals surface area (Å²) in [6, 6.07) is 13.7. The van der Waals surface area contributed by atoms with Crippen molar-refractivity contribution in [1.82, 2.24) is 5.32 Å². The molecule has 3 N–H and O–H groups in total. The van der Waals surface area contributed by atoms with Crippen LogP contribution in [0.1, 0.15) is 13.8 Å². The Hall–Kier alpha value is -2.07. The summed E-state index contributed by atoms with van der Waals surface area (Å²) < 4.78 is 5.62. The molecule has 0 unspecified atom stereocenters. The minimum Gasteiger partial charge on any atom is -0.483 e. The molecule has 20 heavy (non-hydrogen) atoms. The second-order valence-corrected chi connectivity index (χ2v) is 5.40. The minimum atomic E-state index is -0.417. The van der Waals surface area contributed by atoms with E-state index >= 15 is 0 Å². The molecule has 0 aliphatic heterocycles. The molecule has 0 radical (unpaired) electrons. The van der Waals surface area contributed by atoms with Crippen molar-refractivity contribution in [2.24, 2.45) is 5.73 Å². The van der Waals surface area contributed by atoms with Crippen molar-refractivity contribution in [2.75, 3.05) is 13.2 Å². The maximum absolute atomic E-state index is 11.8. The number of benzene rings is 2. The molecule has 0 saturated carbocycles. The third-order valence-corrected chi connectivity index (χ3v) is 3.10. The molecule has 2 rings (SSSR count). The molecule has 0 fully saturated rings. The van der Waals surface area contributed by atoms with Crippen LogP contribution in [0.3, 0.4) is 0 Å². The highest BCUT2D eigenvalue weighted by atomic mass is 16.5. The molecule has 2 aromatic rings. The summed E-state index contributed by atoms with van der Waals surface area (Å²) in [6.07, 6.45) is 0. The second kappa shape index (κ2) is 5.92. The van der Waals surface area contributed by atoms with Crippen molar-refractivity contribution in [3.63, 3.8) is 0 Å². The molecule has 0 spiro atoms. The molecule has 0 saturated heterocycles. The second-order valence-electron chi connectivity index (χ2n) is 5.40. The first kappa shape index (κ1) is 14.3. The highest BCUT2D eigenvalue weighted by molar-refractivity contribution is 5.88. The molecule has 0 bridgehead atoms. The van der Waals surface area contributed by atoms with Crippen LogP contribution in [0.15, 0.2) is 42.5 Å². The molecule has 2 aromatic carbocycles. The van der Waals surface area contributed by atoms with Gasteiger partial charge in [-0.2, -0.15) is 0 Å². The van der Waals surface area contributed by atoms with E-state index in [4.69, 9.17) is 10.5 Å². The lowest BCUT2D eigenvalue weighted by molar-refractivity contribution is -0.124. The summed E-state index contributed by atoms with van der Waals surface area (Å²) in [7, 11) is 0. The zero-order valence-electron chi connectivity index (χ0n) is 11.8. The fourth-order valence-corrected chi connectivity index (χ4v) is 1.93. The van der Waals surface area contributed by atoms with Gasteiger partial charge in [-0.05, 0) is 25.3 Å². The van der Waals surface area contributed by atoms with Crippen LogP contribution in [0.4, 0.5) is 0 Å². The summed E-state index contributed by atoms with van der Waals surface area (Å²) in [4.78, 5) is 11.8. The van der Waals surface area contributed by atoms with Crippen LogP contribution in [0.5, 0.6) is 5.75 Å². The molecular formula is C16H20N2O2. The predicted octanol–water partition coefficient (Wildman–Crippen LogP) is 2.07. The fourth-order valence-electron chi connectivity index (χ4n) is 1.93. The summed E-state index contributed by atoms with van der Waals surface area (Å²) in [6.45, 7) is 4.12. The van der Waals surface area contributed by atoms with E-state index in [1.165, 1.54) is 0 Å². The molecule has 4 heteroatoms. The highest BCUT2D eigenvalue weighted by Crippen LogP contribution is 2.24. The lowest BCUT2D eigenvalue weighted by Gasteiger charge is -2.24. The smallest absolute Gasteiger partial charge is 0.258 e. The van der Waals surface area contributed by atoms with Gasteiger partial charge in [-0.1, -0.05) is 36.4 Å². The maximum atomic E-state index is 11.8. The number of carbonyl (C=O) groups excluding carboxylic acids is 1. The molecule has 0 aliphatic rings. The maximum Gasteiger partial charge on any atom is 0.258 e. The number of carbonyl (C=O) groups is 1. The summed E-state index contributed by atoms with van der Waals surface area (Å²) in [5.74, 6) is 0.539. The van der Waals surface area contributed by atoms with E-state index in [9.17, 15) is 4.79 Å². The average molecular weight is 272 g/mol. The van der Waals surface area contributed by atoms with Crippen LogP contribution < -0.4 is 15.8 Å². The van der Waals surface area contributed by atoms with E-state index in [2.05, 4.69) is 5.32 Å². The van der Waals surface area contributed by atoms with Crippen LogP contribution in [0.25, 0.3) is 10.8 Å². The summed E-state index contributed by atoms with van der Waals surface area (Å²) >= 11 is 0. The van der Waals surface area contributed by atoms with Crippen molar-refractivity contribution in [3.8, 4) is 5.75 Å². The van der Waals surface area contributed by atoms with Gasteiger partial charge in [0.25, 0.3) is 5.91 Å². The number of hydrogen-bond acceptors (Lipinski definition) is 3. The van der Waals surface area contributed by atoms with Gasteiger partial charge in [-0.25, -0.2) is 0 Å². The van der Waals surface area contributed by atoms with Gasteiger partial charge in [0, 0.05) is 17.5 Å². The van der Waals surface area contributed by atoms with Gasteiger partial charge >= 0.3 is 0 Å². The molecule has 0 aliphatic carbocycles. The number of hydrogen-bond donors (Lipinski definition) is 2. The van der Waals surface area contributed by atoms with E-state index in [0.29, 0.717) is 12.3 Å². The zero-order chi connectivity index (χ0) is 14.6. The summed E-state index contributed by atoms with van der Waals surface area (Å²) in [5.41, 5.74) is 5.16. The van der Waals surface area contributed by atoms with Crippen LogP contribution in [0, 0.1) is 0 Å². The number of nitrogens with two attached hydrogens (primary N) is 1. The van der Waals surface area contributed by atoms with Crippen LogP contribution in [0.2, 0.25) is 0 Å². The van der Waals surface area contributed by atoms with Gasteiger partial charge in [0.05, 0.1) is 0 Å². The normalized spacial score (nSPS) is 11.3. The number of amides is 1. The van der Waals surface area contributed by atoms with Crippen molar-refractivity contribution in [3.05, 3.63) is 42.5 Å². The van der Waals surface area contributed by atoms with Crippen molar-refractivity contribution in [1.29, 1.82) is 0 Å². The lowest BCUT2D eigenvalue weighted by atomic mass is 10.1. The first-order valence-corrected chi connectivity index (χ1v) is 6.63. The Kier molecular flexibility index (Phi) is 4.25. The quantitative estimate of drug-likeness (QED) is 0.875. The topological polar surface area (TPSA) is 64.3 Å². The third kappa shape index (κ3) is 3.48. The first-order valence-electron chi connectivity index (χ1n) is 6.63. The number of nitrogens with one attached hydrogen (secondary N) is 1. The van der Waals surface area contributed by atoms with E-state index in [1.807, 2.05) is 56.3 Å². The Bertz CT molecular complexity index is 603. The minimum absolute atomic E-state index is 0.0164. The molecule has 0 aromatic heterocycles. The zero-order valence-corrected chi connectivity index (χ0v) is 11.8. The van der Waals surface area contributed by atoms with Crippen LogP contribution in [-0.2, 0) is 4.79 Å². The molecule has 0 heterocycles. The van der Waals surface area contributed by atoms with Gasteiger partial charge in [-0.3, -0.25) is 4.79 Å². The monoisotopic (exact) mass is 272 g/mol. The van der Waals surface area contributed by atoms with Gasteiger partial charge in [-0.15, -0.1) is 0 Å². The summed E-state index contributed by atoms with van der Waals surface area (Å²) in [5, 5.41) is 4.93. The van der Waals surface area contributed by atoms with E-state index in [-0.39, 0.29) is 12.5 Å². The molecule has 106 valence electrons. The lowest BCUT2D eigenvalue weighted by Crippen LogP contribution is -2.50. The van der Waals surface area contributed by atoms with Crippen LogP contribution in [-0.4, -0.2) is 24.6 Å². The van der Waals surface area contributed by atoms with Gasteiger partial charge in [0.15, 0.2) is 6.61 Å². The standard InChI is InChI=1S/C16H20N2O2/c1-16(2,11-17)18-15(19)10-20-14-9-5-7-12-6-3-4-8-13(12)14/h3-9H,10-11,17H2,1-2H3,(H,18,19). The Balaban J connectivity index is 2.05. The van der Waals surface area contributed by atoms with Crippen molar-refractivity contribution >= 4 is 16.7 Å². The SMILES string of the molecule is CC(C)(CN)NC(=O)COc1cccc2ccccc12. The number of ether oxygens (including phenoxy) is 1. The Morgan fingerprint density at radius 1 is 1.20 bits per heavy atom. The van der Waals surface area contributed by atoms with Gasteiger partial charge < -0.3 is 15.8 Å². The van der Waals surface area contributed by atoms with E-state index in [0.717, 1.165) is 10.8 Å². The third-order valence-electron chi connectivity index (χ3n) is 3.10. The van der Waals surface area contributed by atoms with E-state index in [1.54, 1.807) is 0 Å². The Labute approximate surface area is 118 Å². The van der Waals surface area contributed by atoms with Crippen molar-refractivity contribution < 1.29 is 9.53 Å². The first-order chi connectivity index (χ1) is 9.52. The Morgan fingerprint density at radius 2 is 1.90 bits per heavy atom. The van der Waals surface area contributed by atoms with Crippen molar-refractivity contribution in [2.45, 2.75) is 19.4 Å². The van der Waals surface area contributed by atoms with Crippen LogP contribution >= 0.6 is 0 Å². The molecular weight excluding hydrogens is 252 g/mol. The number of rotatable bonds is 5. The largest absolute Gasteiger partial charge is 0.483 e. The molecule has 0 atom stereocenters. The molecule has 4 nitrogen and oxygen atoms in total.